The summed E-state index contributed by atoms with van der Waals surface area (Å²) >= 11 is 0. The maximum absolute atomic E-state index is 12.4. The molecule has 0 bridgehead atoms. The molecule has 0 unspecified atom stereocenters. The number of aromatic nitrogens is 4. The lowest BCUT2D eigenvalue weighted by Gasteiger charge is -2.27. The second-order valence-electron chi connectivity index (χ2n) is 8.01. The maximum Gasteiger partial charge on any atom is 0.263 e. The number of nitrogens with one attached hydrogen (secondary N) is 2. The van der Waals surface area contributed by atoms with E-state index in [4.69, 9.17) is 4.74 Å². The molecule has 1 saturated carbocycles. The molecule has 2 N–H and O–H groups in total. The molecule has 0 spiro atoms. The first-order valence-corrected chi connectivity index (χ1v) is 9.39. The number of aromatic amines is 1. The Labute approximate surface area is 157 Å². The highest BCUT2D eigenvalue weighted by Gasteiger charge is 2.21. The van der Waals surface area contributed by atoms with E-state index in [1.54, 1.807) is 10.9 Å². The zero-order valence-corrected chi connectivity index (χ0v) is 16.0. The van der Waals surface area contributed by atoms with Gasteiger partial charge in [0.15, 0.2) is 5.65 Å². The lowest BCUT2D eigenvalue weighted by atomic mass is 9.96. The summed E-state index contributed by atoms with van der Waals surface area (Å²) in [7, 11) is 0. The number of nitrogens with zero attached hydrogens (tertiary/aromatic N) is 3. The van der Waals surface area contributed by atoms with Gasteiger partial charge in [0.25, 0.3) is 5.56 Å². The van der Waals surface area contributed by atoms with Crippen molar-refractivity contribution in [2.24, 2.45) is 0 Å². The normalized spacial score (nSPS) is 14.9. The predicted molar refractivity (Wildman–Crippen MR) is 105 cm³/mol. The Kier molecular flexibility index (Phi) is 4.37. The van der Waals surface area contributed by atoms with Gasteiger partial charge in [0.1, 0.15) is 11.1 Å². The van der Waals surface area contributed by atoms with Crippen LogP contribution in [0.3, 0.4) is 0 Å². The Morgan fingerprint density at radius 2 is 2.07 bits per heavy atom. The number of rotatable bonds is 5. The van der Waals surface area contributed by atoms with E-state index in [1.807, 2.05) is 45.0 Å². The second kappa shape index (κ2) is 6.72. The van der Waals surface area contributed by atoms with Crippen molar-refractivity contribution in [2.75, 3.05) is 5.32 Å². The van der Waals surface area contributed by atoms with Crippen LogP contribution in [-0.4, -0.2) is 25.9 Å². The molecule has 4 rings (SSSR count). The van der Waals surface area contributed by atoms with Gasteiger partial charge in [-0.05, 0) is 46.1 Å². The third-order valence-corrected chi connectivity index (χ3v) is 4.84. The van der Waals surface area contributed by atoms with Gasteiger partial charge in [-0.15, -0.1) is 0 Å². The Bertz CT molecular complexity index is 1010. The number of ether oxygens (including phenoxy) is 1. The fraction of sp³-hybridized carbons (Fsp3) is 0.450. The molecule has 1 aromatic carbocycles. The number of H-pyrrole nitrogens is 1. The fourth-order valence-corrected chi connectivity index (χ4v) is 3.11. The number of benzene rings is 1. The van der Waals surface area contributed by atoms with Gasteiger partial charge in [-0.1, -0.05) is 18.2 Å². The molecule has 0 aliphatic heterocycles. The molecule has 0 atom stereocenters. The monoisotopic (exact) mass is 367 g/mol. The number of anilines is 1. The highest BCUT2D eigenvalue weighted by Crippen LogP contribution is 2.28. The van der Waals surface area contributed by atoms with Crippen LogP contribution in [0.4, 0.5) is 5.95 Å². The molecule has 0 amide bonds. The molecule has 7 heteroatoms. The van der Waals surface area contributed by atoms with Crippen LogP contribution < -0.4 is 15.6 Å². The predicted octanol–water partition coefficient (Wildman–Crippen LogP) is 3.42. The summed E-state index contributed by atoms with van der Waals surface area (Å²) in [5, 5.41) is 8.05. The van der Waals surface area contributed by atoms with Crippen LogP contribution >= 0.6 is 0 Å². The zero-order chi connectivity index (χ0) is 19.0. The number of fused-ring (bicyclic) bond motifs is 1. The van der Waals surface area contributed by atoms with Crippen molar-refractivity contribution in [3.63, 3.8) is 0 Å². The molecule has 1 fully saturated rings. The first-order chi connectivity index (χ1) is 12.9. The van der Waals surface area contributed by atoms with Gasteiger partial charge in [0, 0.05) is 12.1 Å². The quantitative estimate of drug-likeness (QED) is 0.722. The van der Waals surface area contributed by atoms with E-state index in [0.717, 1.165) is 24.2 Å². The van der Waals surface area contributed by atoms with E-state index >= 15 is 0 Å². The van der Waals surface area contributed by atoms with E-state index < -0.39 is 0 Å². The second-order valence-corrected chi connectivity index (χ2v) is 8.01. The number of para-hydroxylation sites is 1. The van der Waals surface area contributed by atoms with Crippen molar-refractivity contribution >= 4 is 17.0 Å². The smallest absolute Gasteiger partial charge is 0.263 e. The van der Waals surface area contributed by atoms with Crippen LogP contribution in [0.25, 0.3) is 11.0 Å². The molecule has 2 aromatic heterocycles. The minimum absolute atomic E-state index is 0.197. The summed E-state index contributed by atoms with van der Waals surface area (Å²) in [6, 6.07) is 7.98. The molecule has 142 valence electrons. The van der Waals surface area contributed by atoms with Gasteiger partial charge >= 0.3 is 0 Å². The Morgan fingerprint density at radius 1 is 1.30 bits per heavy atom. The zero-order valence-electron chi connectivity index (χ0n) is 16.0. The van der Waals surface area contributed by atoms with Crippen LogP contribution in [0, 0.1) is 0 Å². The standard InChI is InChI=1S/C20H25N5O2/c1-20(2,3)25-17-15(12-22-25)18(26)24-19(23-17)21-11-13-7-4-5-10-16(13)27-14-8-6-9-14/h4-5,7,10,12,14H,6,8-9,11H2,1-3H3,(H2,21,23,24,26). The van der Waals surface area contributed by atoms with Crippen molar-refractivity contribution in [3.05, 3.63) is 46.4 Å². The summed E-state index contributed by atoms with van der Waals surface area (Å²) in [4.78, 5) is 19.8. The maximum atomic E-state index is 12.4. The molecule has 3 aromatic rings. The number of hydrogen-bond acceptors (Lipinski definition) is 5. The number of hydrogen-bond donors (Lipinski definition) is 2. The molecule has 1 aliphatic carbocycles. The lowest BCUT2D eigenvalue weighted by Crippen LogP contribution is -2.25. The van der Waals surface area contributed by atoms with E-state index in [-0.39, 0.29) is 11.1 Å². The molecule has 7 nitrogen and oxygen atoms in total. The van der Waals surface area contributed by atoms with Crippen LogP contribution in [0.15, 0.2) is 35.3 Å². The van der Waals surface area contributed by atoms with Crippen LogP contribution in [0.2, 0.25) is 0 Å². The first kappa shape index (κ1) is 17.6. The summed E-state index contributed by atoms with van der Waals surface area (Å²) in [6.07, 6.45) is 5.35. The Hall–Kier alpha value is -2.83. The van der Waals surface area contributed by atoms with Crippen LogP contribution in [0.1, 0.15) is 45.6 Å². The minimum atomic E-state index is -0.261. The molecule has 2 heterocycles. The SMILES string of the molecule is CC(C)(C)n1ncc2c(=O)[nH]c(NCc3ccccc3OC3CCC3)nc21. The average molecular weight is 367 g/mol. The average Bonchev–Trinajstić information content (AvgIpc) is 3.02. The molecular weight excluding hydrogens is 342 g/mol. The van der Waals surface area contributed by atoms with Crippen molar-refractivity contribution < 1.29 is 4.74 Å². The van der Waals surface area contributed by atoms with Gasteiger partial charge in [-0.3, -0.25) is 9.78 Å². The summed E-state index contributed by atoms with van der Waals surface area (Å²) in [5.41, 5.74) is 1.16. The molecular formula is C20H25N5O2. The van der Waals surface area contributed by atoms with E-state index in [2.05, 4.69) is 20.4 Å². The van der Waals surface area contributed by atoms with Crippen molar-refractivity contribution in [1.29, 1.82) is 0 Å². The highest BCUT2D eigenvalue weighted by molar-refractivity contribution is 5.74. The van der Waals surface area contributed by atoms with E-state index in [0.29, 0.717) is 29.6 Å². The fourth-order valence-electron chi connectivity index (χ4n) is 3.11. The Morgan fingerprint density at radius 3 is 2.78 bits per heavy atom. The first-order valence-electron chi connectivity index (χ1n) is 9.39. The topological polar surface area (TPSA) is 84.8 Å². The van der Waals surface area contributed by atoms with Crippen molar-refractivity contribution in [2.45, 2.75) is 58.2 Å². The molecule has 0 radical (unpaired) electrons. The summed E-state index contributed by atoms with van der Waals surface area (Å²) in [5.74, 6) is 1.31. The molecule has 0 saturated heterocycles. The van der Waals surface area contributed by atoms with E-state index in [9.17, 15) is 4.79 Å². The van der Waals surface area contributed by atoms with Gasteiger partial charge in [0.05, 0.1) is 17.8 Å². The van der Waals surface area contributed by atoms with Gasteiger partial charge in [0.2, 0.25) is 5.95 Å². The van der Waals surface area contributed by atoms with Crippen LogP contribution in [-0.2, 0) is 12.1 Å². The highest BCUT2D eigenvalue weighted by atomic mass is 16.5. The van der Waals surface area contributed by atoms with Crippen molar-refractivity contribution in [1.82, 2.24) is 19.7 Å². The largest absolute Gasteiger partial charge is 0.490 e. The molecule has 27 heavy (non-hydrogen) atoms. The Balaban J connectivity index is 1.58. The third kappa shape index (κ3) is 3.54. The minimum Gasteiger partial charge on any atom is -0.490 e. The van der Waals surface area contributed by atoms with E-state index in [1.165, 1.54) is 6.42 Å². The summed E-state index contributed by atoms with van der Waals surface area (Å²) in [6.45, 7) is 6.61. The van der Waals surface area contributed by atoms with Gasteiger partial charge in [-0.2, -0.15) is 10.1 Å². The third-order valence-electron chi connectivity index (χ3n) is 4.84. The molecule has 1 aliphatic rings. The summed E-state index contributed by atoms with van der Waals surface area (Å²) < 4.78 is 7.84. The van der Waals surface area contributed by atoms with Gasteiger partial charge < -0.3 is 10.1 Å². The van der Waals surface area contributed by atoms with Crippen LogP contribution in [0.5, 0.6) is 5.75 Å². The van der Waals surface area contributed by atoms with Gasteiger partial charge in [-0.25, -0.2) is 4.68 Å². The van der Waals surface area contributed by atoms with Crippen molar-refractivity contribution in [3.8, 4) is 5.75 Å². The lowest BCUT2D eigenvalue weighted by molar-refractivity contribution is 0.119.